The predicted octanol–water partition coefficient (Wildman–Crippen LogP) is 6.03. The van der Waals surface area contributed by atoms with Crippen molar-refractivity contribution in [2.75, 3.05) is 5.32 Å². The lowest BCUT2D eigenvalue weighted by atomic mass is 10.0. The zero-order valence-electron chi connectivity index (χ0n) is 18.3. The summed E-state index contributed by atoms with van der Waals surface area (Å²) in [5.74, 6) is 0.912. The van der Waals surface area contributed by atoms with E-state index in [2.05, 4.69) is 5.32 Å². The van der Waals surface area contributed by atoms with Crippen molar-refractivity contribution in [1.29, 1.82) is 0 Å². The van der Waals surface area contributed by atoms with Crippen molar-refractivity contribution in [2.45, 2.75) is 46.1 Å². The molecule has 3 aromatic rings. The lowest BCUT2D eigenvalue weighted by Gasteiger charge is -2.19. The smallest absolute Gasteiger partial charge is 0.326 e. The molecule has 1 atom stereocenters. The van der Waals surface area contributed by atoms with Gasteiger partial charge in [0, 0.05) is 17.7 Å². The summed E-state index contributed by atoms with van der Waals surface area (Å²) in [6.45, 7) is 7.91. The van der Waals surface area contributed by atoms with E-state index in [0.717, 1.165) is 33.7 Å². The van der Waals surface area contributed by atoms with Crippen LogP contribution in [0.4, 0.5) is 5.69 Å². The van der Waals surface area contributed by atoms with Crippen LogP contribution in [0.3, 0.4) is 0 Å². The Labute approximate surface area is 183 Å². The van der Waals surface area contributed by atoms with Gasteiger partial charge in [0.15, 0.2) is 0 Å². The molecule has 0 aliphatic carbocycles. The average molecular weight is 420 g/mol. The number of anilines is 1. The number of carbonyl (C=O) groups is 1. The summed E-state index contributed by atoms with van der Waals surface area (Å²) in [7, 11) is 0. The van der Waals surface area contributed by atoms with Crippen molar-refractivity contribution in [1.82, 2.24) is 0 Å². The Hall–Kier alpha value is -3.47. The van der Waals surface area contributed by atoms with Gasteiger partial charge in [-0.15, -0.1) is 0 Å². The highest BCUT2D eigenvalue weighted by Crippen LogP contribution is 2.35. The summed E-state index contributed by atoms with van der Waals surface area (Å²) in [5.41, 5.74) is 4.32. The fourth-order valence-electron chi connectivity index (χ4n) is 3.62. The molecular formula is C26H29NO4. The number of carboxylic acids is 1. The Morgan fingerprint density at radius 2 is 1.65 bits per heavy atom. The standard InChI is InChI=1S/C26H29NO4/c1-16(2)22-15-21(10-11-24(22)28)31-25-17(3)12-20(13-18(25)4)27-23(26(29)30)14-19-8-6-5-7-9-19/h5-13,15-16,23,27-28H,14H2,1-4H3,(H,29,30). The first-order valence-electron chi connectivity index (χ1n) is 10.4. The van der Waals surface area contributed by atoms with Gasteiger partial charge in [-0.05, 0) is 66.8 Å². The molecule has 0 amide bonds. The van der Waals surface area contributed by atoms with E-state index in [1.807, 2.05) is 76.2 Å². The van der Waals surface area contributed by atoms with Gasteiger partial charge < -0.3 is 20.3 Å². The van der Waals surface area contributed by atoms with Crippen molar-refractivity contribution in [3.63, 3.8) is 0 Å². The maximum atomic E-state index is 11.8. The summed E-state index contributed by atoms with van der Waals surface area (Å²) >= 11 is 0. The van der Waals surface area contributed by atoms with Crippen LogP contribution in [0.2, 0.25) is 0 Å². The minimum absolute atomic E-state index is 0.176. The number of aryl methyl sites for hydroxylation is 2. The molecule has 0 aliphatic rings. The van der Waals surface area contributed by atoms with Crippen LogP contribution in [0.15, 0.2) is 60.7 Å². The van der Waals surface area contributed by atoms with Crippen LogP contribution in [0, 0.1) is 13.8 Å². The van der Waals surface area contributed by atoms with Gasteiger partial charge in [0.2, 0.25) is 0 Å². The maximum Gasteiger partial charge on any atom is 0.326 e. The number of rotatable bonds is 8. The van der Waals surface area contributed by atoms with E-state index >= 15 is 0 Å². The lowest BCUT2D eigenvalue weighted by molar-refractivity contribution is -0.137. The number of hydrogen-bond acceptors (Lipinski definition) is 4. The van der Waals surface area contributed by atoms with E-state index in [1.54, 1.807) is 12.1 Å². The second-order valence-corrected chi connectivity index (χ2v) is 8.14. The number of aliphatic carboxylic acids is 1. The van der Waals surface area contributed by atoms with Crippen LogP contribution >= 0.6 is 0 Å². The lowest BCUT2D eigenvalue weighted by Crippen LogP contribution is -2.31. The summed E-state index contributed by atoms with van der Waals surface area (Å²) in [4.78, 5) is 11.8. The fraction of sp³-hybridized carbons (Fsp3) is 0.269. The van der Waals surface area contributed by atoms with Crippen LogP contribution < -0.4 is 10.1 Å². The van der Waals surface area contributed by atoms with Gasteiger partial charge in [-0.2, -0.15) is 0 Å². The summed E-state index contributed by atoms with van der Waals surface area (Å²) < 4.78 is 6.13. The van der Waals surface area contributed by atoms with Crippen molar-refractivity contribution in [3.8, 4) is 17.2 Å². The molecule has 0 fully saturated rings. The van der Waals surface area contributed by atoms with Crippen LogP contribution in [0.1, 0.15) is 42.0 Å². The van der Waals surface area contributed by atoms with E-state index in [4.69, 9.17) is 4.74 Å². The number of nitrogens with one attached hydrogen (secondary N) is 1. The van der Waals surface area contributed by atoms with Crippen molar-refractivity contribution < 1.29 is 19.7 Å². The van der Waals surface area contributed by atoms with Crippen LogP contribution in [0.25, 0.3) is 0 Å². The maximum absolute atomic E-state index is 11.8. The average Bonchev–Trinajstić information content (AvgIpc) is 2.72. The molecule has 31 heavy (non-hydrogen) atoms. The van der Waals surface area contributed by atoms with Crippen LogP contribution in [0.5, 0.6) is 17.2 Å². The second kappa shape index (κ2) is 9.56. The highest BCUT2D eigenvalue weighted by Gasteiger charge is 2.19. The molecular weight excluding hydrogens is 390 g/mol. The monoisotopic (exact) mass is 419 g/mol. The highest BCUT2D eigenvalue weighted by atomic mass is 16.5. The van der Waals surface area contributed by atoms with Crippen molar-refractivity contribution in [3.05, 3.63) is 82.9 Å². The number of aromatic hydroxyl groups is 1. The molecule has 0 aromatic heterocycles. The summed E-state index contributed by atoms with van der Waals surface area (Å²) in [6.07, 6.45) is 0.387. The third-order valence-corrected chi connectivity index (χ3v) is 5.22. The molecule has 1 unspecified atom stereocenters. The number of ether oxygens (including phenoxy) is 1. The molecule has 5 nitrogen and oxygen atoms in total. The highest BCUT2D eigenvalue weighted by molar-refractivity contribution is 5.78. The third kappa shape index (κ3) is 5.57. The Morgan fingerprint density at radius 3 is 2.23 bits per heavy atom. The number of benzene rings is 3. The molecule has 0 saturated carbocycles. The molecule has 0 heterocycles. The molecule has 3 N–H and O–H groups in total. The molecule has 0 aliphatic heterocycles. The first-order chi connectivity index (χ1) is 14.7. The largest absolute Gasteiger partial charge is 0.508 e. The Bertz CT molecular complexity index is 1040. The van der Waals surface area contributed by atoms with Gasteiger partial charge in [0.05, 0.1) is 0 Å². The van der Waals surface area contributed by atoms with Gasteiger partial charge in [-0.25, -0.2) is 4.79 Å². The molecule has 0 radical (unpaired) electrons. The summed E-state index contributed by atoms with van der Waals surface area (Å²) in [6, 6.07) is 17.9. The SMILES string of the molecule is Cc1cc(NC(Cc2ccccc2)C(=O)O)cc(C)c1Oc1ccc(O)c(C(C)C)c1. The van der Waals surface area contributed by atoms with E-state index in [9.17, 15) is 15.0 Å². The Balaban J connectivity index is 1.81. The first kappa shape index (κ1) is 22.2. The minimum Gasteiger partial charge on any atom is -0.508 e. The predicted molar refractivity (Wildman–Crippen MR) is 123 cm³/mol. The zero-order chi connectivity index (χ0) is 22.5. The van der Waals surface area contributed by atoms with E-state index < -0.39 is 12.0 Å². The number of phenolic OH excluding ortho intramolecular Hbond substituents is 1. The quantitative estimate of drug-likeness (QED) is 0.415. The third-order valence-electron chi connectivity index (χ3n) is 5.22. The van der Waals surface area contributed by atoms with Gasteiger partial charge in [-0.1, -0.05) is 44.2 Å². The summed E-state index contributed by atoms with van der Waals surface area (Å²) in [5, 5.41) is 22.9. The Morgan fingerprint density at radius 1 is 1.00 bits per heavy atom. The molecule has 3 rings (SSSR count). The Kier molecular flexibility index (Phi) is 6.85. The molecule has 0 spiro atoms. The van der Waals surface area contributed by atoms with Gasteiger partial charge in [0.1, 0.15) is 23.3 Å². The van der Waals surface area contributed by atoms with Gasteiger partial charge in [-0.3, -0.25) is 0 Å². The molecule has 162 valence electrons. The normalized spacial score (nSPS) is 11.9. The molecule has 0 saturated heterocycles. The topological polar surface area (TPSA) is 78.8 Å². The first-order valence-corrected chi connectivity index (χ1v) is 10.4. The van der Waals surface area contributed by atoms with Crippen LogP contribution in [-0.4, -0.2) is 22.2 Å². The molecule has 3 aromatic carbocycles. The molecule has 5 heteroatoms. The number of hydrogen-bond donors (Lipinski definition) is 3. The van der Waals surface area contributed by atoms with Crippen LogP contribution in [-0.2, 0) is 11.2 Å². The van der Waals surface area contributed by atoms with Crippen molar-refractivity contribution in [2.24, 2.45) is 0 Å². The second-order valence-electron chi connectivity index (χ2n) is 8.14. The van der Waals surface area contributed by atoms with E-state index in [-0.39, 0.29) is 11.7 Å². The van der Waals surface area contributed by atoms with Gasteiger partial charge in [0.25, 0.3) is 0 Å². The molecule has 0 bridgehead atoms. The van der Waals surface area contributed by atoms with Gasteiger partial charge >= 0.3 is 5.97 Å². The van der Waals surface area contributed by atoms with Crippen molar-refractivity contribution >= 4 is 11.7 Å². The van der Waals surface area contributed by atoms with E-state index in [0.29, 0.717) is 12.2 Å². The number of carboxylic acid groups (broad SMARTS) is 1. The number of phenols is 1. The fourth-order valence-corrected chi connectivity index (χ4v) is 3.62. The zero-order valence-corrected chi connectivity index (χ0v) is 18.3. The minimum atomic E-state index is -0.898. The van der Waals surface area contributed by atoms with E-state index in [1.165, 1.54) is 0 Å².